The lowest BCUT2D eigenvalue weighted by Crippen LogP contribution is -2.42. The molecular formula is C12H15N3O4S. The zero-order valence-electron chi connectivity index (χ0n) is 11.1. The van der Waals surface area contributed by atoms with Gasteiger partial charge in [0.05, 0.1) is 5.56 Å². The van der Waals surface area contributed by atoms with Gasteiger partial charge in [0, 0.05) is 11.7 Å². The minimum absolute atomic E-state index is 0.0385. The van der Waals surface area contributed by atoms with E-state index in [4.69, 9.17) is 5.73 Å². The van der Waals surface area contributed by atoms with E-state index in [2.05, 4.69) is 5.32 Å². The van der Waals surface area contributed by atoms with Crippen molar-refractivity contribution >= 4 is 27.5 Å². The number of sulfonamides is 1. The molecule has 0 saturated carbocycles. The van der Waals surface area contributed by atoms with Gasteiger partial charge in [0.2, 0.25) is 5.91 Å². The van der Waals surface area contributed by atoms with E-state index in [1.165, 1.54) is 18.2 Å². The van der Waals surface area contributed by atoms with Gasteiger partial charge >= 0.3 is 0 Å². The third-order valence-electron chi connectivity index (χ3n) is 2.77. The van der Waals surface area contributed by atoms with Crippen LogP contribution in [0.2, 0.25) is 0 Å². The smallest absolute Gasteiger partial charge is 0.269 e. The van der Waals surface area contributed by atoms with Gasteiger partial charge in [-0.3, -0.25) is 9.59 Å². The van der Waals surface area contributed by atoms with Crippen LogP contribution in [0, 0.1) is 0 Å². The van der Waals surface area contributed by atoms with Gasteiger partial charge in [-0.2, -0.15) is 0 Å². The van der Waals surface area contributed by atoms with Crippen LogP contribution in [0.25, 0.3) is 0 Å². The van der Waals surface area contributed by atoms with Crippen LogP contribution in [0.5, 0.6) is 0 Å². The molecule has 0 spiro atoms. The number of carbonyl (C=O) groups is 2. The average Bonchev–Trinajstić information content (AvgIpc) is 2.50. The van der Waals surface area contributed by atoms with Gasteiger partial charge in [-0.05, 0) is 32.0 Å². The number of fused-ring (bicyclic) bond motifs is 1. The van der Waals surface area contributed by atoms with Crippen LogP contribution >= 0.6 is 0 Å². The molecule has 0 aliphatic carbocycles. The Kier molecular flexibility index (Phi) is 3.43. The lowest BCUT2D eigenvalue weighted by molar-refractivity contribution is -0.121. The maximum absolute atomic E-state index is 12.2. The number of anilines is 1. The number of nitrogens with two attached hydrogens (primary N) is 1. The number of hydrogen-bond donors (Lipinski definition) is 2. The fourth-order valence-corrected chi connectivity index (χ4v) is 3.51. The molecule has 2 rings (SSSR count). The van der Waals surface area contributed by atoms with Crippen molar-refractivity contribution < 1.29 is 18.0 Å². The van der Waals surface area contributed by atoms with Gasteiger partial charge in [0.15, 0.2) is 0 Å². The second-order valence-electron chi connectivity index (χ2n) is 4.79. The van der Waals surface area contributed by atoms with Crippen molar-refractivity contribution in [2.24, 2.45) is 0 Å². The summed E-state index contributed by atoms with van der Waals surface area (Å²) in [4.78, 5) is 23.6. The molecule has 0 bridgehead atoms. The van der Waals surface area contributed by atoms with Crippen LogP contribution < -0.4 is 11.1 Å². The molecule has 7 nitrogen and oxygen atoms in total. The summed E-state index contributed by atoms with van der Waals surface area (Å²) in [7, 11) is -4.01. The second-order valence-corrected chi connectivity index (χ2v) is 6.63. The molecule has 0 aromatic heterocycles. The molecule has 8 heteroatoms. The molecule has 0 radical (unpaired) electrons. The highest BCUT2D eigenvalue weighted by molar-refractivity contribution is 7.90. The molecule has 20 heavy (non-hydrogen) atoms. The number of rotatable bonds is 3. The molecule has 0 atom stereocenters. The third-order valence-corrected chi connectivity index (χ3v) is 4.54. The summed E-state index contributed by atoms with van der Waals surface area (Å²) in [5.74, 6) is -1.24. The normalized spacial score (nSPS) is 16.4. The number of nitrogens with zero attached hydrogens (tertiary/aromatic N) is 1. The first-order chi connectivity index (χ1) is 9.23. The standard InChI is InChI=1S/C12H15N3O4S/c1-7(2)14-11(16)6-15-12(17)9-4-3-8(13)5-10(9)20(15,18)19/h3-5,7H,6,13H2,1-2H3,(H,14,16). The SMILES string of the molecule is CC(C)NC(=O)CN1C(=O)c2ccc(N)cc2S1(=O)=O. The summed E-state index contributed by atoms with van der Waals surface area (Å²) in [6, 6.07) is 3.89. The molecule has 1 aromatic carbocycles. The van der Waals surface area contributed by atoms with E-state index >= 15 is 0 Å². The number of benzene rings is 1. The summed E-state index contributed by atoms with van der Waals surface area (Å²) in [5, 5.41) is 2.54. The van der Waals surface area contributed by atoms with E-state index in [0.29, 0.717) is 4.31 Å². The summed E-state index contributed by atoms with van der Waals surface area (Å²) in [6.07, 6.45) is 0. The minimum Gasteiger partial charge on any atom is -0.399 e. The van der Waals surface area contributed by atoms with Crippen molar-refractivity contribution in [2.75, 3.05) is 12.3 Å². The maximum atomic E-state index is 12.2. The predicted molar refractivity (Wildman–Crippen MR) is 72.4 cm³/mol. The molecule has 0 unspecified atom stereocenters. The largest absolute Gasteiger partial charge is 0.399 e. The highest BCUT2D eigenvalue weighted by Gasteiger charge is 2.42. The number of nitrogen functional groups attached to an aromatic ring is 1. The van der Waals surface area contributed by atoms with Crippen molar-refractivity contribution in [3.8, 4) is 0 Å². The fraction of sp³-hybridized carbons (Fsp3) is 0.333. The topological polar surface area (TPSA) is 110 Å². The van der Waals surface area contributed by atoms with E-state index in [1.807, 2.05) is 0 Å². The van der Waals surface area contributed by atoms with Crippen LogP contribution in [0.4, 0.5) is 5.69 Å². The first-order valence-electron chi connectivity index (χ1n) is 5.99. The Labute approximate surface area is 116 Å². The van der Waals surface area contributed by atoms with Crippen LogP contribution in [-0.4, -0.2) is 37.1 Å². The van der Waals surface area contributed by atoms with Crippen LogP contribution in [-0.2, 0) is 14.8 Å². The van der Waals surface area contributed by atoms with Crippen molar-refractivity contribution in [1.29, 1.82) is 0 Å². The van der Waals surface area contributed by atoms with Gasteiger partial charge < -0.3 is 11.1 Å². The first kappa shape index (κ1) is 14.3. The Balaban J connectivity index is 2.35. The molecule has 2 amide bonds. The van der Waals surface area contributed by atoms with E-state index in [0.717, 1.165) is 0 Å². The average molecular weight is 297 g/mol. The summed E-state index contributed by atoms with van der Waals surface area (Å²) >= 11 is 0. The molecule has 0 fully saturated rings. The van der Waals surface area contributed by atoms with Crippen LogP contribution in [0.15, 0.2) is 23.1 Å². The molecule has 1 aromatic rings. The van der Waals surface area contributed by atoms with Gasteiger partial charge in [-0.25, -0.2) is 12.7 Å². The summed E-state index contributed by atoms with van der Waals surface area (Å²) < 4.78 is 25.0. The molecule has 3 N–H and O–H groups in total. The Morgan fingerprint density at radius 3 is 2.65 bits per heavy atom. The van der Waals surface area contributed by atoms with Crippen molar-refractivity contribution in [3.63, 3.8) is 0 Å². The zero-order chi connectivity index (χ0) is 15.1. The maximum Gasteiger partial charge on any atom is 0.269 e. The first-order valence-corrected chi connectivity index (χ1v) is 7.43. The highest BCUT2D eigenvalue weighted by Crippen LogP contribution is 2.31. The molecule has 108 valence electrons. The second kappa shape index (κ2) is 4.78. The summed E-state index contributed by atoms with van der Waals surface area (Å²) in [5.41, 5.74) is 5.82. The van der Waals surface area contributed by atoms with Crippen molar-refractivity contribution in [3.05, 3.63) is 23.8 Å². The predicted octanol–water partition coefficient (Wildman–Crippen LogP) is -0.0621. The van der Waals surface area contributed by atoms with Gasteiger partial charge in [-0.1, -0.05) is 0 Å². The molecule has 1 heterocycles. The number of hydrogen-bond acceptors (Lipinski definition) is 5. The lowest BCUT2D eigenvalue weighted by atomic mass is 10.2. The van der Waals surface area contributed by atoms with E-state index in [9.17, 15) is 18.0 Å². The highest BCUT2D eigenvalue weighted by atomic mass is 32.2. The third kappa shape index (κ3) is 2.34. The Bertz CT molecular complexity index is 682. The van der Waals surface area contributed by atoms with E-state index in [1.54, 1.807) is 13.8 Å². The van der Waals surface area contributed by atoms with Gasteiger partial charge in [0.1, 0.15) is 11.4 Å². The van der Waals surface area contributed by atoms with Crippen LogP contribution in [0.1, 0.15) is 24.2 Å². The quantitative estimate of drug-likeness (QED) is 0.759. The van der Waals surface area contributed by atoms with Crippen LogP contribution in [0.3, 0.4) is 0 Å². The van der Waals surface area contributed by atoms with E-state index < -0.39 is 28.4 Å². The Hall–Kier alpha value is -2.09. The van der Waals surface area contributed by atoms with Crippen molar-refractivity contribution in [2.45, 2.75) is 24.8 Å². The van der Waals surface area contributed by atoms with Crippen molar-refractivity contribution in [1.82, 2.24) is 9.62 Å². The van der Waals surface area contributed by atoms with Gasteiger partial charge in [0.25, 0.3) is 15.9 Å². The number of carbonyl (C=O) groups excluding carboxylic acids is 2. The molecule has 1 aliphatic heterocycles. The van der Waals surface area contributed by atoms with E-state index in [-0.39, 0.29) is 22.2 Å². The Morgan fingerprint density at radius 1 is 1.40 bits per heavy atom. The number of nitrogens with one attached hydrogen (secondary N) is 1. The monoisotopic (exact) mass is 297 g/mol. The summed E-state index contributed by atoms with van der Waals surface area (Å²) in [6.45, 7) is 2.95. The molecular weight excluding hydrogens is 282 g/mol. The lowest BCUT2D eigenvalue weighted by Gasteiger charge is -2.16. The fourth-order valence-electron chi connectivity index (χ4n) is 1.95. The number of amides is 2. The minimum atomic E-state index is -4.01. The molecule has 1 aliphatic rings. The van der Waals surface area contributed by atoms with Gasteiger partial charge in [-0.15, -0.1) is 0 Å². The molecule has 0 saturated heterocycles. The zero-order valence-corrected chi connectivity index (χ0v) is 11.9. The Morgan fingerprint density at radius 2 is 2.05 bits per heavy atom.